The van der Waals surface area contributed by atoms with Crippen molar-refractivity contribution in [1.82, 2.24) is 4.98 Å². The van der Waals surface area contributed by atoms with E-state index in [-0.39, 0.29) is 12.3 Å². The molecule has 0 aliphatic rings. The lowest BCUT2D eigenvalue weighted by molar-refractivity contribution is -0.137. The first-order chi connectivity index (χ1) is 9.97. The number of nitrogens with zero attached hydrogens (tertiary/aromatic N) is 1. The highest BCUT2D eigenvalue weighted by atomic mass is 16.4. The number of hydrogen-bond acceptors (Lipinski definition) is 4. The van der Waals surface area contributed by atoms with Gasteiger partial charge in [0, 0.05) is 18.4 Å². The van der Waals surface area contributed by atoms with Crippen LogP contribution in [-0.2, 0) is 4.79 Å². The minimum atomic E-state index is -0.856. The molecule has 2 rings (SSSR count). The highest BCUT2D eigenvalue weighted by Gasteiger charge is 2.13. The second kappa shape index (κ2) is 6.21. The number of fused-ring (bicyclic) bond motifs is 1. The van der Waals surface area contributed by atoms with Crippen LogP contribution in [0.3, 0.4) is 0 Å². The number of carbonyl (C=O) groups is 2. The van der Waals surface area contributed by atoms with E-state index in [9.17, 15) is 9.59 Å². The second-order valence-electron chi connectivity index (χ2n) is 5.03. The Kier molecular flexibility index (Phi) is 4.37. The van der Waals surface area contributed by atoms with Crippen molar-refractivity contribution in [3.05, 3.63) is 35.9 Å². The summed E-state index contributed by atoms with van der Waals surface area (Å²) in [6, 6.07) is 9.10. The molecule has 6 heteroatoms. The number of amides is 1. The van der Waals surface area contributed by atoms with E-state index in [4.69, 9.17) is 10.8 Å². The van der Waals surface area contributed by atoms with E-state index in [1.165, 1.54) is 0 Å². The molecule has 1 amide bonds. The second-order valence-corrected chi connectivity index (χ2v) is 5.03. The topological polar surface area (TPSA) is 105 Å². The zero-order valence-electron chi connectivity index (χ0n) is 11.7. The molecular weight excluding hydrogens is 270 g/mol. The van der Waals surface area contributed by atoms with Crippen LogP contribution in [0.15, 0.2) is 30.3 Å². The Morgan fingerprint density at radius 3 is 2.76 bits per heavy atom. The maximum Gasteiger partial charge on any atom is 0.303 e. The van der Waals surface area contributed by atoms with Gasteiger partial charge in [-0.25, -0.2) is 4.98 Å². The highest BCUT2D eigenvalue weighted by Crippen LogP contribution is 2.20. The molecule has 0 saturated carbocycles. The molecule has 6 nitrogen and oxygen atoms in total. The molecule has 110 valence electrons. The summed E-state index contributed by atoms with van der Waals surface area (Å²) >= 11 is 0. The summed E-state index contributed by atoms with van der Waals surface area (Å²) < 4.78 is 0. The number of aliphatic carboxylic acids is 1. The van der Waals surface area contributed by atoms with Gasteiger partial charge in [0.1, 0.15) is 5.82 Å². The van der Waals surface area contributed by atoms with Crippen molar-refractivity contribution in [1.29, 1.82) is 0 Å². The van der Waals surface area contributed by atoms with Crippen molar-refractivity contribution in [2.24, 2.45) is 11.7 Å². The molecule has 1 heterocycles. The lowest BCUT2D eigenvalue weighted by Gasteiger charge is -2.13. The molecule has 1 aromatic heterocycles. The number of aromatic nitrogens is 1. The molecular formula is C15H17N3O3. The van der Waals surface area contributed by atoms with E-state index >= 15 is 0 Å². The maximum absolute atomic E-state index is 11.5. The minimum Gasteiger partial charge on any atom is -0.481 e. The van der Waals surface area contributed by atoms with E-state index in [0.717, 1.165) is 10.9 Å². The van der Waals surface area contributed by atoms with E-state index in [1.54, 1.807) is 6.07 Å². The Balaban J connectivity index is 2.26. The molecule has 0 radical (unpaired) electrons. The standard InChI is InChI=1S/C15H17N3O3/c1-9(6-13(19)20)8-17-15-11(14(16)21)7-10-4-2-3-5-12(10)18-15/h2-5,7,9H,6,8H2,1H3,(H2,16,21)(H,17,18)(H,19,20). The van der Waals surface area contributed by atoms with Gasteiger partial charge in [-0.1, -0.05) is 25.1 Å². The van der Waals surface area contributed by atoms with E-state index < -0.39 is 11.9 Å². The van der Waals surface area contributed by atoms with Gasteiger partial charge in [-0.05, 0) is 18.1 Å². The Bertz CT molecular complexity index is 685. The van der Waals surface area contributed by atoms with Crippen molar-refractivity contribution in [2.75, 3.05) is 11.9 Å². The summed E-state index contributed by atoms with van der Waals surface area (Å²) in [5, 5.41) is 12.6. The molecule has 0 aliphatic heterocycles. The van der Waals surface area contributed by atoms with Crippen LogP contribution in [0, 0.1) is 5.92 Å². The first kappa shape index (κ1) is 14.8. The zero-order valence-corrected chi connectivity index (χ0v) is 11.7. The molecule has 2 aromatic rings. The van der Waals surface area contributed by atoms with Crippen LogP contribution in [0.25, 0.3) is 10.9 Å². The largest absolute Gasteiger partial charge is 0.481 e. The van der Waals surface area contributed by atoms with Gasteiger partial charge < -0.3 is 16.2 Å². The Morgan fingerprint density at radius 2 is 2.10 bits per heavy atom. The normalized spacial score (nSPS) is 12.0. The number of carboxylic acid groups (broad SMARTS) is 1. The predicted molar refractivity (Wildman–Crippen MR) is 80.2 cm³/mol. The van der Waals surface area contributed by atoms with Crippen molar-refractivity contribution >= 4 is 28.6 Å². The third-order valence-corrected chi connectivity index (χ3v) is 3.13. The molecule has 21 heavy (non-hydrogen) atoms. The molecule has 0 spiro atoms. The van der Waals surface area contributed by atoms with Gasteiger partial charge in [0.2, 0.25) is 0 Å². The Morgan fingerprint density at radius 1 is 1.38 bits per heavy atom. The van der Waals surface area contributed by atoms with E-state index in [0.29, 0.717) is 17.9 Å². The zero-order chi connectivity index (χ0) is 15.4. The van der Waals surface area contributed by atoms with Crippen LogP contribution in [0.1, 0.15) is 23.7 Å². The van der Waals surface area contributed by atoms with Crippen LogP contribution >= 0.6 is 0 Å². The number of para-hydroxylation sites is 1. The third kappa shape index (κ3) is 3.68. The summed E-state index contributed by atoms with van der Waals surface area (Å²) in [6.07, 6.45) is 0.0481. The number of carbonyl (C=O) groups excluding carboxylic acids is 1. The van der Waals surface area contributed by atoms with Crippen LogP contribution in [0.2, 0.25) is 0 Å². The van der Waals surface area contributed by atoms with Gasteiger partial charge in [0.15, 0.2) is 0 Å². The first-order valence-electron chi connectivity index (χ1n) is 6.62. The number of nitrogens with one attached hydrogen (secondary N) is 1. The fourth-order valence-electron chi connectivity index (χ4n) is 2.08. The molecule has 0 bridgehead atoms. The predicted octanol–water partition coefficient (Wildman–Crippen LogP) is 1.86. The third-order valence-electron chi connectivity index (χ3n) is 3.13. The average molecular weight is 287 g/mol. The van der Waals surface area contributed by atoms with Crippen molar-refractivity contribution < 1.29 is 14.7 Å². The van der Waals surface area contributed by atoms with Crippen LogP contribution in [-0.4, -0.2) is 28.5 Å². The molecule has 1 aromatic carbocycles. The van der Waals surface area contributed by atoms with Crippen LogP contribution < -0.4 is 11.1 Å². The van der Waals surface area contributed by atoms with Crippen molar-refractivity contribution in [3.63, 3.8) is 0 Å². The Hall–Kier alpha value is -2.63. The van der Waals surface area contributed by atoms with Gasteiger partial charge in [-0.15, -0.1) is 0 Å². The van der Waals surface area contributed by atoms with Gasteiger partial charge in [-0.3, -0.25) is 9.59 Å². The lowest BCUT2D eigenvalue weighted by atomic mass is 10.1. The fraction of sp³-hybridized carbons (Fsp3) is 0.267. The van der Waals surface area contributed by atoms with Gasteiger partial charge in [0.05, 0.1) is 11.1 Å². The van der Waals surface area contributed by atoms with Crippen LogP contribution in [0.5, 0.6) is 0 Å². The lowest BCUT2D eigenvalue weighted by Crippen LogP contribution is -2.20. The van der Waals surface area contributed by atoms with Gasteiger partial charge in [-0.2, -0.15) is 0 Å². The Labute approximate surface area is 122 Å². The summed E-state index contributed by atoms with van der Waals surface area (Å²) in [4.78, 5) is 26.6. The van der Waals surface area contributed by atoms with Gasteiger partial charge in [0.25, 0.3) is 5.91 Å². The van der Waals surface area contributed by atoms with Crippen molar-refractivity contribution in [3.8, 4) is 0 Å². The first-order valence-corrected chi connectivity index (χ1v) is 6.62. The molecule has 4 N–H and O–H groups in total. The number of anilines is 1. The number of hydrogen-bond donors (Lipinski definition) is 3. The number of pyridine rings is 1. The average Bonchev–Trinajstić information content (AvgIpc) is 2.43. The summed E-state index contributed by atoms with van der Waals surface area (Å²) in [6.45, 7) is 2.21. The summed E-state index contributed by atoms with van der Waals surface area (Å²) in [5.74, 6) is -1.12. The highest BCUT2D eigenvalue weighted by molar-refractivity contribution is 6.01. The summed E-state index contributed by atoms with van der Waals surface area (Å²) in [5.41, 5.74) is 6.43. The van der Waals surface area contributed by atoms with Crippen molar-refractivity contribution in [2.45, 2.75) is 13.3 Å². The quantitative estimate of drug-likeness (QED) is 0.752. The number of nitrogens with two attached hydrogens (primary N) is 1. The molecule has 1 unspecified atom stereocenters. The SMILES string of the molecule is CC(CNc1nc2ccccc2cc1C(N)=O)CC(=O)O. The number of rotatable bonds is 6. The molecule has 1 atom stereocenters. The molecule has 0 saturated heterocycles. The van der Waals surface area contributed by atoms with E-state index in [1.807, 2.05) is 31.2 Å². The van der Waals surface area contributed by atoms with Crippen LogP contribution in [0.4, 0.5) is 5.82 Å². The fourth-order valence-corrected chi connectivity index (χ4v) is 2.08. The number of carboxylic acids is 1. The smallest absolute Gasteiger partial charge is 0.303 e. The monoisotopic (exact) mass is 287 g/mol. The van der Waals surface area contributed by atoms with E-state index in [2.05, 4.69) is 10.3 Å². The molecule has 0 aliphatic carbocycles. The van der Waals surface area contributed by atoms with Gasteiger partial charge >= 0.3 is 5.97 Å². The molecule has 0 fully saturated rings. The minimum absolute atomic E-state index is 0.0481. The number of primary amides is 1. The number of benzene rings is 1. The summed E-state index contributed by atoms with van der Waals surface area (Å²) in [7, 11) is 0. The maximum atomic E-state index is 11.5.